The van der Waals surface area contributed by atoms with Gasteiger partial charge in [-0.25, -0.2) is 4.79 Å². The molecule has 0 aromatic carbocycles. The minimum atomic E-state index is -0.101. The van der Waals surface area contributed by atoms with Crippen molar-refractivity contribution in [1.29, 1.82) is 0 Å². The Hall–Kier alpha value is -1.56. The van der Waals surface area contributed by atoms with Crippen molar-refractivity contribution >= 4 is 6.09 Å². The molecule has 0 bridgehead atoms. The predicted octanol–water partition coefficient (Wildman–Crippen LogP) is 3.17. The number of carbonyl (C=O) groups excluding carboxylic acids is 1. The van der Waals surface area contributed by atoms with Gasteiger partial charge in [-0.3, -0.25) is 9.58 Å². The van der Waals surface area contributed by atoms with Crippen molar-refractivity contribution in [2.45, 2.75) is 51.5 Å². The molecule has 2 saturated heterocycles. The fraction of sp³-hybridized carbons (Fsp3) is 0.800. The molecule has 0 N–H and O–H groups in total. The second kappa shape index (κ2) is 7.59. The number of ether oxygens (including phenoxy) is 1. The average Bonchev–Trinajstić information content (AvgIpc) is 3.31. The van der Waals surface area contributed by atoms with Crippen LogP contribution < -0.4 is 0 Å². The van der Waals surface area contributed by atoms with E-state index in [0.29, 0.717) is 24.0 Å². The Labute approximate surface area is 156 Å². The van der Waals surface area contributed by atoms with E-state index in [1.54, 1.807) is 0 Å². The molecule has 6 heteroatoms. The third-order valence-corrected chi connectivity index (χ3v) is 7.00. The second-order valence-electron chi connectivity index (χ2n) is 8.55. The van der Waals surface area contributed by atoms with Gasteiger partial charge in [0.2, 0.25) is 0 Å². The number of rotatable bonds is 5. The number of nitrogens with zero attached hydrogens (tertiary/aromatic N) is 4. The summed E-state index contributed by atoms with van der Waals surface area (Å²) in [6.07, 6.45) is 11.3. The van der Waals surface area contributed by atoms with Crippen molar-refractivity contribution in [3.63, 3.8) is 0 Å². The highest BCUT2D eigenvalue weighted by Crippen LogP contribution is 2.48. The lowest BCUT2D eigenvalue weighted by Crippen LogP contribution is -2.40. The van der Waals surface area contributed by atoms with Gasteiger partial charge in [0.1, 0.15) is 6.61 Å². The highest BCUT2D eigenvalue weighted by Gasteiger charge is 2.44. The summed E-state index contributed by atoms with van der Waals surface area (Å²) in [6.45, 7) is 7.61. The lowest BCUT2D eigenvalue weighted by molar-refractivity contribution is 0.0755. The van der Waals surface area contributed by atoms with Crippen LogP contribution >= 0.6 is 0 Å². The van der Waals surface area contributed by atoms with Crippen LogP contribution in [0.2, 0.25) is 0 Å². The number of aromatic nitrogens is 2. The molecular weight excluding hydrogens is 328 g/mol. The molecule has 3 heterocycles. The molecule has 1 unspecified atom stereocenters. The Bertz CT molecular complexity index is 591. The lowest BCUT2D eigenvalue weighted by Gasteiger charge is -2.37. The normalized spacial score (nSPS) is 24.6. The van der Waals surface area contributed by atoms with E-state index in [0.717, 1.165) is 32.7 Å². The average molecular weight is 361 g/mol. The number of amides is 1. The highest BCUT2D eigenvalue weighted by atomic mass is 16.6. The first-order valence-corrected chi connectivity index (χ1v) is 10.3. The number of likely N-dealkylation sites (tertiary alicyclic amines) is 2. The third kappa shape index (κ3) is 3.75. The minimum Gasteiger partial charge on any atom is -0.448 e. The zero-order chi connectivity index (χ0) is 18.0. The summed E-state index contributed by atoms with van der Waals surface area (Å²) >= 11 is 0. The van der Waals surface area contributed by atoms with E-state index in [9.17, 15) is 4.79 Å². The Morgan fingerprint density at radius 3 is 2.69 bits per heavy atom. The molecule has 6 nitrogen and oxygen atoms in total. The summed E-state index contributed by atoms with van der Waals surface area (Å²) in [5.41, 5.74) is 0.451. The Kier molecular flexibility index (Phi) is 5.20. The summed E-state index contributed by atoms with van der Waals surface area (Å²) in [7, 11) is 0. The zero-order valence-corrected chi connectivity index (χ0v) is 16.0. The van der Waals surface area contributed by atoms with Crippen LogP contribution in [0.3, 0.4) is 0 Å². The van der Waals surface area contributed by atoms with Crippen LogP contribution in [0.15, 0.2) is 18.5 Å². The van der Waals surface area contributed by atoms with E-state index >= 15 is 0 Å². The first-order chi connectivity index (χ1) is 12.7. The number of hydrogen-bond acceptors (Lipinski definition) is 4. The maximum atomic E-state index is 12.3. The van der Waals surface area contributed by atoms with Gasteiger partial charge in [0.25, 0.3) is 0 Å². The molecule has 1 atom stereocenters. The topological polar surface area (TPSA) is 50.6 Å². The van der Waals surface area contributed by atoms with Gasteiger partial charge in [-0.05, 0) is 69.5 Å². The van der Waals surface area contributed by atoms with E-state index in [-0.39, 0.29) is 6.09 Å². The van der Waals surface area contributed by atoms with Gasteiger partial charge >= 0.3 is 6.09 Å². The summed E-state index contributed by atoms with van der Waals surface area (Å²) in [5.74, 6) is 0.678. The van der Waals surface area contributed by atoms with Crippen LogP contribution in [0, 0.1) is 11.3 Å². The molecule has 3 fully saturated rings. The molecule has 1 aromatic rings. The molecule has 3 aliphatic rings. The molecule has 1 saturated carbocycles. The van der Waals surface area contributed by atoms with Crippen LogP contribution in [0.1, 0.15) is 51.5 Å². The van der Waals surface area contributed by atoms with Crippen molar-refractivity contribution in [3.8, 4) is 0 Å². The van der Waals surface area contributed by atoms with Gasteiger partial charge in [-0.15, -0.1) is 0 Å². The fourth-order valence-electron chi connectivity index (χ4n) is 4.93. The Morgan fingerprint density at radius 2 is 2.08 bits per heavy atom. The lowest BCUT2D eigenvalue weighted by atomic mass is 9.68. The van der Waals surface area contributed by atoms with Crippen LogP contribution in [-0.2, 0) is 4.74 Å². The van der Waals surface area contributed by atoms with E-state index in [4.69, 9.17) is 4.74 Å². The van der Waals surface area contributed by atoms with E-state index < -0.39 is 0 Å². The monoisotopic (exact) mass is 360 g/mol. The van der Waals surface area contributed by atoms with Crippen LogP contribution in [0.5, 0.6) is 0 Å². The Morgan fingerprint density at radius 1 is 1.27 bits per heavy atom. The largest absolute Gasteiger partial charge is 0.448 e. The van der Waals surface area contributed by atoms with Crippen molar-refractivity contribution < 1.29 is 9.53 Å². The van der Waals surface area contributed by atoms with E-state index in [1.807, 2.05) is 17.2 Å². The standard InChI is InChI=1S/C20H32N4O2/c1-17(24-10-3-9-21-24)18-4-11-22(12-5-18)14-15-26-19(25)23-13-8-20(16-23)6-2-7-20/h3,9-10,17-18H,2,4-8,11-16H2,1H3. The highest BCUT2D eigenvalue weighted by molar-refractivity contribution is 5.68. The first-order valence-electron chi connectivity index (χ1n) is 10.3. The van der Waals surface area contributed by atoms with Crippen LogP contribution in [0.4, 0.5) is 4.79 Å². The van der Waals surface area contributed by atoms with Gasteiger partial charge in [0, 0.05) is 32.0 Å². The van der Waals surface area contributed by atoms with Gasteiger partial charge in [0.15, 0.2) is 0 Å². The molecule has 1 amide bonds. The molecule has 26 heavy (non-hydrogen) atoms. The number of hydrogen-bond donors (Lipinski definition) is 0. The van der Waals surface area contributed by atoms with Gasteiger partial charge < -0.3 is 9.64 Å². The maximum absolute atomic E-state index is 12.3. The molecule has 1 spiro atoms. The van der Waals surface area contributed by atoms with Gasteiger partial charge in [-0.1, -0.05) is 6.42 Å². The van der Waals surface area contributed by atoms with E-state index in [1.165, 1.54) is 38.5 Å². The molecule has 1 aromatic heterocycles. The predicted molar refractivity (Wildman–Crippen MR) is 99.9 cm³/mol. The van der Waals surface area contributed by atoms with Crippen molar-refractivity contribution in [1.82, 2.24) is 19.6 Å². The molecule has 1 aliphatic carbocycles. The Balaban J connectivity index is 1.13. The summed E-state index contributed by atoms with van der Waals surface area (Å²) in [6, 6.07) is 2.45. The smallest absolute Gasteiger partial charge is 0.409 e. The van der Waals surface area contributed by atoms with Crippen molar-refractivity contribution in [3.05, 3.63) is 18.5 Å². The quantitative estimate of drug-likeness (QED) is 0.809. The SMILES string of the molecule is CC(C1CCN(CCOC(=O)N2CCC3(CCC3)C2)CC1)n1cccn1. The zero-order valence-electron chi connectivity index (χ0n) is 16.0. The number of carbonyl (C=O) groups is 1. The first kappa shape index (κ1) is 17.8. The third-order valence-electron chi connectivity index (χ3n) is 7.00. The summed E-state index contributed by atoms with van der Waals surface area (Å²) < 4.78 is 7.63. The molecule has 2 aliphatic heterocycles. The van der Waals surface area contributed by atoms with Crippen LogP contribution in [-0.4, -0.2) is 65.0 Å². The number of piperidine rings is 1. The molecule has 4 rings (SSSR count). The second-order valence-corrected chi connectivity index (χ2v) is 8.55. The fourth-order valence-corrected chi connectivity index (χ4v) is 4.93. The summed E-state index contributed by atoms with van der Waals surface area (Å²) in [5, 5.41) is 4.38. The maximum Gasteiger partial charge on any atom is 0.409 e. The van der Waals surface area contributed by atoms with Crippen LogP contribution in [0.25, 0.3) is 0 Å². The summed E-state index contributed by atoms with van der Waals surface area (Å²) in [4.78, 5) is 16.6. The van der Waals surface area contributed by atoms with E-state index in [2.05, 4.69) is 27.8 Å². The van der Waals surface area contributed by atoms with Gasteiger partial charge in [-0.2, -0.15) is 5.10 Å². The molecule has 144 valence electrons. The molecular formula is C20H32N4O2. The van der Waals surface area contributed by atoms with Crippen molar-refractivity contribution in [2.24, 2.45) is 11.3 Å². The van der Waals surface area contributed by atoms with Crippen molar-refractivity contribution in [2.75, 3.05) is 39.3 Å². The minimum absolute atomic E-state index is 0.101. The van der Waals surface area contributed by atoms with Gasteiger partial charge in [0.05, 0.1) is 6.04 Å². The molecule has 0 radical (unpaired) electrons.